The largest absolute Gasteiger partial charge is 0.496 e. The highest BCUT2D eigenvalue weighted by Crippen LogP contribution is 2.26. The Morgan fingerprint density at radius 2 is 1.89 bits per heavy atom. The van der Waals surface area contributed by atoms with Gasteiger partial charge in [-0.3, -0.25) is 9.59 Å². The number of ether oxygens (including phenoxy) is 1. The first-order chi connectivity index (χ1) is 12.9. The third-order valence-corrected chi connectivity index (χ3v) is 4.59. The van der Waals surface area contributed by atoms with Gasteiger partial charge in [-0.05, 0) is 58.1 Å². The summed E-state index contributed by atoms with van der Waals surface area (Å²) >= 11 is 3.45. The molecule has 0 aliphatic rings. The molecule has 0 atom stereocenters. The highest BCUT2D eigenvalue weighted by Gasteiger charge is 2.13. The zero-order valence-electron chi connectivity index (χ0n) is 15.8. The van der Waals surface area contributed by atoms with Crippen LogP contribution >= 0.6 is 15.9 Å². The fourth-order valence-electron chi connectivity index (χ4n) is 2.52. The molecule has 0 bridgehead atoms. The predicted octanol–water partition coefficient (Wildman–Crippen LogP) is 4.41. The van der Waals surface area contributed by atoms with E-state index in [-0.39, 0.29) is 11.8 Å². The van der Waals surface area contributed by atoms with Crippen molar-refractivity contribution in [2.75, 3.05) is 19.0 Å². The number of aryl methyl sites for hydroxylation is 1. The molecule has 0 heterocycles. The molecule has 0 unspecified atom stereocenters. The van der Waals surface area contributed by atoms with Crippen molar-refractivity contribution in [3.63, 3.8) is 0 Å². The number of hydrogen-bond acceptors (Lipinski definition) is 3. The number of nitrogens with one attached hydrogen (secondary N) is 2. The van der Waals surface area contributed by atoms with E-state index in [2.05, 4.69) is 26.6 Å². The third-order valence-electron chi connectivity index (χ3n) is 3.97. The minimum absolute atomic E-state index is 0.133. The number of methoxy groups -OCH3 is 1. The summed E-state index contributed by atoms with van der Waals surface area (Å²) in [5.41, 5.74) is 2.03. The topological polar surface area (TPSA) is 67.4 Å². The van der Waals surface area contributed by atoms with Crippen molar-refractivity contribution in [2.45, 2.75) is 26.7 Å². The van der Waals surface area contributed by atoms with Gasteiger partial charge in [0, 0.05) is 13.0 Å². The van der Waals surface area contributed by atoms with Crippen molar-refractivity contribution in [1.82, 2.24) is 5.32 Å². The SMILES string of the molecule is COc1ccc(CCC(=O)Nc2ccccc2C(=O)NCC(C)C)cc1Br. The molecule has 2 aromatic carbocycles. The van der Waals surface area contributed by atoms with Gasteiger partial charge in [-0.15, -0.1) is 0 Å². The van der Waals surface area contributed by atoms with E-state index < -0.39 is 0 Å². The molecule has 2 N–H and O–H groups in total. The summed E-state index contributed by atoms with van der Waals surface area (Å²) in [6.45, 7) is 4.66. The molecule has 0 spiro atoms. The fourth-order valence-corrected chi connectivity index (χ4v) is 3.11. The smallest absolute Gasteiger partial charge is 0.253 e. The van der Waals surface area contributed by atoms with Gasteiger partial charge in [0.15, 0.2) is 0 Å². The maximum atomic E-state index is 12.4. The van der Waals surface area contributed by atoms with Crippen LogP contribution < -0.4 is 15.4 Å². The average Bonchev–Trinajstić information content (AvgIpc) is 2.65. The Labute approximate surface area is 168 Å². The Bertz CT molecular complexity index is 806. The predicted molar refractivity (Wildman–Crippen MR) is 111 cm³/mol. The number of halogens is 1. The zero-order valence-corrected chi connectivity index (χ0v) is 17.4. The van der Waals surface area contributed by atoms with Gasteiger partial charge < -0.3 is 15.4 Å². The summed E-state index contributed by atoms with van der Waals surface area (Å²) in [6.07, 6.45) is 0.914. The van der Waals surface area contributed by atoms with Crippen LogP contribution in [0.1, 0.15) is 36.2 Å². The van der Waals surface area contributed by atoms with Crippen LogP contribution in [0.5, 0.6) is 5.75 Å². The fraction of sp³-hybridized carbons (Fsp3) is 0.333. The highest BCUT2D eigenvalue weighted by molar-refractivity contribution is 9.10. The lowest BCUT2D eigenvalue weighted by molar-refractivity contribution is -0.116. The van der Waals surface area contributed by atoms with Gasteiger partial charge in [0.2, 0.25) is 5.91 Å². The number of carbonyl (C=O) groups is 2. The molecular weight excluding hydrogens is 408 g/mol. The first-order valence-corrected chi connectivity index (χ1v) is 9.69. The van der Waals surface area contributed by atoms with Gasteiger partial charge in [0.1, 0.15) is 5.75 Å². The molecule has 0 aliphatic carbocycles. The van der Waals surface area contributed by atoms with E-state index in [4.69, 9.17) is 4.74 Å². The van der Waals surface area contributed by atoms with E-state index in [1.807, 2.05) is 32.0 Å². The number of hydrogen-bond donors (Lipinski definition) is 2. The number of carbonyl (C=O) groups excluding carboxylic acids is 2. The Morgan fingerprint density at radius 3 is 2.56 bits per heavy atom. The molecule has 27 heavy (non-hydrogen) atoms. The van der Waals surface area contributed by atoms with Gasteiger partial charge in [0.25, 0.3) is 5.91 Å². The molecule has 6 heteroatoms. The maximum Gasteiger partial charge on any atom is 0.253 e. The second kappa shape index (κ2) is 10.1. The lowest BCUT2D eigenvalue weighted by Crippen LogP contribution is -2.28. The lowest BCUT2D eigenvalue weighted by atomic mass is 10.1. The molecule has 2 amide bonds. The third kappa shape index (κ3) is 6.40. The van der Waals surface area contributed by atoms with Crippen LogP contribution in [-0.4, -0.2) is 25.5 Å². The molecule has 0 aromatic heterocycles. The van der Waals surface area contributed by atoms with Gasteiger partial charge >= 0.3 is 0 Å². The second-order valence-electron chi connectivity index (χ2n) is 6.67. The molecule has 2 aromatic rings. The number of rotatable bonds is 8. The van der Waals surface area contributed by atoms with E-state index in [9.17, 15) is 9.59 Å². The van der Waals surface area contributed by atoms with E-state index in [1.165, 1.54) is 0 Å². The highest BCUT2D eigenvalue weighted by atomic mass is 79.9. The molecule has 2 rings (SSSR count). The monoisotopic (exact) mass is 432 g/mol. The van der Waals surface area contributed by atoms with Crippen molar-refractivity contribution in [3.8, 4) is 5.75 Å². The van der Waals surface area contributed by atoms with Crippen LogP contribution in [0.4, 0.5) is 5.69 Å². The molecule has 0 aliphatic heterocycles. The summed E-state index contributed by atoms with van der Waals surface area (Å²) in [5, 5.41) is 5.73. The molecule has 0 fully saturated rings. The molecule has 5 nitrogen and oxygen atoms in total. The average molecular weight is 433 g/mol. The van der Waals surface area contributed by atoms with Gasteiger partial charge in [0.05, 0.1) is 22.8 Å². The van der Waals surface area contributed by atoms with Crippen molar-refractivity contribution >= 4 is 33.4 Å². The van der Waals surface area contributed by atoms with Gasteiger partial charge in [-0.25, -0.2) is 0 Å². The normalized spacial score (nSPS) is 10.6. The molecule has 144 valence electrons. The quantitative estimate of drug-likeness (QED) is 0.648. The first kappa shape index (κ1) is 21.0. The summed E-state index contributed by atoms with van der Waals surface area (Å²) in [7, 11) is 1.61. The maximum absolute atomic E-state index is 12.4. The number of amides is 2. The van der Waals surface area contributed by atoms with Crippen LogP contribution in [0.2, 0.25) is 0 Å². The van der Waals surface area contributed by atoms with Crippen molar-refractivity contribution in [3.05, 3.63) is 58.1 Å². The van der Waals surface area contributed by atoms with Gasteiger partial charge in [-0.1, -0.05) is 32.0 Å². The van der Waals surface area contributed by atoms with Crippen LogP contribution in [0, 0.1) is 5.92 Å². The van der Waals surface area contributed by atoms with Crippen LogP contribution in [0.15, 0.2) is 46.9 Å². The minimum atomic E-state index is -0.182. The summed E-state index contributed by atoms with van der Waals surface area (Å²) in [4.78, 5) is 24.7. The van der Waals surface area contributed by atoms with E-state index in [0.717, 1.165) is 15.8 Å². The Balaban J connectivity index is 1.97. The Kier molecular flexibility index (Phi) is 7.85. The first-order valence-electron chi connectivity index (χ1n) is 8.90. The summed E-state index contributed by atoms with van der Waals surface area (Å²) < 4.78 is 6.07. The molecule has 0 saturated carbocycles. The van der Waals surface area contributed by atoms with Crippen LogP contribution in [0.25, 0.3) is 0 Å². The lowest BCUT2D eigenvalue weighted by Gasteiger charge is -2.12. The standard InChI is InChI=1S/C21H25BrN2O3/c1-14(2)13-23-21(26)16-6-4-5-7-18(16)24-20(25)11-9-15-8-10-19(27-3)17(22)12-15/h4-8,10,12,14H,9,11,13H2,1-3H3,(H,23,26)(H,24,25). The number of benzene rings is 2. The Morgan fingerprint density at radius 1 is 1.15 bits per heavy atom. The van der Waals surface area contributed by atoms with E-state index in [0.29, 0.717) is 36.6 Å². The second-order valence-corrected chi connectivity index (χ2v) is 7.52. The van der Waals surface area contributed by atoms with E-state index >= 15 is 0 Å². The van der Waals surface area contributed by atoms with Gasteiger partial charge in [-0.2, -0.15) is 0 Å². The summed E-state index contributed by atoms with van der Waals surface area (Å²) in [5.74, 6) is 0.800. The van der Waals surface area contributed by atoms with Crippen molar-refractivity contribution in [2.24, 2.45) is 5.92 Å². The zero-order chi connectivity index (χ0) is 19.8. The minimum Gasteiger partial charge on any atom is -0.496 e. The molecular formula is C21H25BrN2O3. The van der Waals surface area contributed by atoms with Crippen LogP contribution in [0.3, 0.4) is 0 Å². The molecule has 0 radical (unpaired) electrons. The number of anilines is 1. The van der Waals surface area contributed by atoms with E-state index in [1.54, 1.807) is 31.4 Å². The van der Waals surface area contributed by atoms with Crippen molar-refractivity contribution in [1.29, 1.82) is 0 Å². The summed E-state index contributed by atoms with van der Waals surface area (Å²) in [6, 6.07) is 12.8. The molecule has 0 saturated heterocycles. The Hall–Kier alpha value is -2.34. The van der Waals surface area contributed by atoms with Crippen LogP contribution in [-0.2, 0) is 11.2 Å². The van der Waals surface area contributed by atoms with Crippen molar-refractivity contribution < 1.29 is 14.3 Å². The number of para-hydroxylation sites is 1.